The molecule has 2 N–H and O–H groups in total. The van der Waals surface area contributed by atoms with Crippen LogP contribution in [0.2, 0.25) is 0 Å². The van der Waals surface area contributed by atoms with Gasteiger partial charge in [0.25, 0.3) is 0 Å². The summed E-state index contributed by atoms with van der Waals surface area (Å²) in [7, 11) is 0. The average molecular weight is 262 g/mol. The molecule has 1 unspecified atom stereocenters. The van der Waals surface area contributed by atoms with E-state index in [-0.39, 0.29) is 18.7 Å². The van der Waals surface area contributed by atoms with Crippen molar-refractivity contribution in [2.75, 3.05) is 13.3 Å². The van der Waals surface area contributed by atoms with E-state index < -0.39 is 0 Å². The van der Waals surface area contributed by atoms with Crippen LogP contribution in [-0.2, 0) is 11.3 Å². The van der Waals surface area contributed by atoms with Gasteiger partial charge in [-0.15, -0.1) is 6.58 Å². The Morgan fingerprint density at radius 2 is 2.26 bits per heavy atom. The van der Waals surface area contributed by atoms with Gasteiger partial charge in [0.2, 0.25) is 12.7 Å². The lowest BCUT2D eigenvalue weighted by molar-refractivity contribution is -0.122. The number of ether oxygens (including phenoxy) is 2. The molecule has 1 aliphatic heterocycles. The first-order valence-corrected chi connectivity index (χ1v) is 6.21. The summed E-state index contributed by atoms with van der Waals surface area (Å²) < 4.78 is 10.6. The van der Waals surface area contributed by atoms with E-state index in [9.17, 15) is 4.79 Å². The summed E-state index contributed by atoms with van der Waals surface area (Å²) in [5.74, 6) is 1.48. The first-order valence-electron chi connectivity index (χ1n) is 6.21. The molecule has 0 radical (unpaired) electrons. The van der Waals surface area contributed by atoms with E-state index in [2.05, 4.69) is 17.2 Å². The standard InChI is InChI=1S/C14H18N2O3/c1-3-6-15-14(17)10(2)16-8-11-4-5-12-13(7-11)19-9-18-12/h3-5,7,10,16H,1,6,8-9H2,2H3,(H,15,17). The van der Waals surface area contributed by atoms with E-state index in [0.717, 1.165) is 17.1 Å². The van der Waals surface area contributed by atoms with Crippen LogP contribution in [0.25, 0.3) is 0 Å². The number of benzene rings is 1. The minimum atomic E-state index is -0.259. The predicted octanol–water partition coefficient (Wildman–Crippen LogP) is 1.20. The molecule has 0 aromatic heterocycles. The van der Waals surface area contributed by atoms with E-state index in [4.69, 9.17) is 9.47 Å². The zero-order valence-electron chi connectivity index (χ0n) is 10.9. The van der Waals surface area contributed by atoms with Gasteiger partial charge in [0.1, 0.15) is 0 Å². The second kappa shape index (κ2) is 6.24. The predicted molar refractivity (Wildman–Crippen MR) is 72.1 cm³/mol. The molecule has 0 saturated heterocycles. The first-order chi connectivity index (χ1) is 9.20. The van der Waals surface area contributed by atoms with Crippen LogP contribution in [0.4, 0.5) is 0 Å². The van der Waals surface area contributed by atoms with Gasteiger partial charge in [0.05, 0.1) is 6.04 Å². The zero-order chi connectivity index (χ0) is 13.7. The molecule has 0 aliphatic carbocycles. The molecular weight excluding hydrogens is 244 g/mol. The molecule has 1 aromatic carbocycles. The fourth-order valence-electron chi connectivity index (χ4n) is 1.74. The maximum Gasteiger partial charge on any atom is 0.237 e. The van der Waals surface area contributed by atoms with Crippen LogP contribution in [0, 0.1) is 0 Å². The van der Waals surface area contributed by atoms with Crippen LogP contribution < -0.4 is 20.1 Å². The largest absolute Gasteiger partial charge is 0.454 e. The summed E-state index contributed by atoms with van der Waals surface area (Å²) in [5, 5.41) is 5.90. The third-order valence-corrected chi connectivity index (χ3v) is 2.86. The summed E-state index contributed by atoms with van der Waals surface area (Å²) in [6.45, 7) is 6.73. The highest BCUT2D eigenvalue weighted by Gasteiger charge is 2.14. The van der Waals surface area contributed by atoms with Crippen molar-refractivity contribution < 1.29 is 14.3 Å². The molecule has 19 heavy (non-hydrogen) atoms. The normalized spacial score (nSPS) is 13.9. The Balaban J connectivity index is 1.85. The van der Waals surface area contributed by atoms with Crippen LogP contribution in [0.1, 0.15) is 12.5 Å². The molecule has 1 aromatic rings. The Labute approximate surface area is 112 Å². The Morgan fingerprint density at radius 1 is 1.47 bits per heavy atom. The van der Waals surface area contributed by atoms with Crippen LogP contribution >= 0.6 is 0 Å². The monoisotopic (exact) mass is 262 g/mol. The summed E-state index contributed by atoms with van der Waals surface area (Å²) >= 11 is 0. The van der Waals surface area contributed by atoms with Crippen molar-refractivity contribution in [1.82, 2.24) is 10.6 Å². The Hall–Kier alpha value is -2.01. The van der Waals surface area contributed by atoms with Gasteiger partial charge in [-0.1, -0.05) is 12.1 Å². The summed E-state index contributed by atoms with van der Waals surface area (Å²) in [6, 6.07) is 5.49. The van der Waals surface area contributed by atoms with Crippen molar-refractivity contribution >= 4 is 5.91 Å². The molecule has 0 spiro atoms. The van der Waals surface area contributed by atoms with Crippen molar-refractivity contribution in [2.24, 2.45) is 0 Å². The van der Waals surface area contributed by atoms with E-state index in [0.29, 0.717) is 13.1 Å². The number of hydrogen-bond donors (Lipinski definition) is 2. The molecule has 102 valence electrons. The fourth-order valence-corrected chi connectivity index (χ4v) is 1.74. The fraction of sp³-hybridized carbons (Fsp3) is 0.357. The molecule has 0 bridgehead atoms. The van der Waals surface area contributed by atoms with Crippen molar-refractivity contribution in [3.8, 4) is 11.5 Å². The van der Waals surface area contributed by atoms with Crippen molar-refractivity contribution in [3.63, 3.8) is 0 Å². The Morgan fingerprint density at radius 3 is 3.05 bits per heavy atom. The lowest BCUT2D eigenvalue weighted by Gasteiger charge is -2.13. The van der Waals surface area contributed by atoms with E-state index >= 15 is 0 Å². The Bertz CT molecular complexity index is 474. The topological polar surface area (TPSA) is 59.6 Å². The highest BCUT2D eigenvalue weighted by Crippen LogP contribution is 2.32. The van der Waals surface area contributed by atoms with Crippen LogP contribution in [0.5, 0.6) is 11.5 Å². The molecule has 5 nitrogen and oxygen atoms in total. The molecule has 1 amide bonds. The number of carbonyl (C=O) groups excluding carboxylic acids is 1. The molecule has 1 heterocycles. The van der Waals surface area contributed by atoms with Gasteiger partial charge < -0.3 is 20.1 Å². The van der Waals surface area contributed by atoms with E-state index in [1.54, 1.807) is 6.08 Å². The number of hydrogen-bond acceptors (Lipinski definition) is 4. The lowest BCUT2D eigenvalue weighted by atomic mass is 10.2. The highest BCUT2D eigenvalue weighted by molar-refractivity contribution is 5.81. The third-order valence-electron chi connectivity index (χ3n) is 2.86. The quantitative estimate of drug-likeness (QED) is 0.756. The molecule has 5 heteroatoms. The van der Waals surface area contributed by atoms with Gasteiger partial charge in [0.15, 0.2) is 11.5 Å². The summed E-state index contributed by atoms with van der Waals surface area (Å²) in [6.07, 6.45) is 1.66. The maximum atomic E-state index is 11.6. The third kappa shape index (κ3) is 3.48. The SMILES string of the molecule is C=CCNC(=O)C(C)NCc1ccc2c(c1)OCO2. The van der Waals surface area contributed by atoms with Gasteiger partial charge in [-0.05, 0) is 24.6 Å². The Kier molecular flexibility index (Phi) is 4.41. The molecule has 1 aliphatic rings. The number of nitrogens with one attached hydrogen (secondary N) is 2. The molecule has 2 rings (SSSR count). The highest BCUT2D eigenvalue weighted by atomic mass is 16.7. The summed E-state index contributed by atoms with van der Waals surface area (Å²) in [5.41, 5.74) is 1.05. The number of fused-ring (bicyclic) bond motifs is 1. The second-order valence-corrected chi connectivity index (χ2v) is 4.32. The van der Waals surface area contributed by atoms with Crippen molar-refractivity contribution in [3.05, 3.63) is 36.4 Å². The van der Waals surface area contributed by atoms with Gasteiger partial charge in [0, 0.05) is 13.1 Å². The number of carbonyl (C=O) groups is 1. The van der Waals surface area contributed by atoms with E-state index in [1.807, 2.05) is 25.1 Å². The second-order valence-electron chi connectivity index (χ2n) is 4.32. The summed E-state index contributed by atoms with van der Waals surface area (Å²) in [4.78, 5) is 11.6. The molecule has 0 fully saturated rings. The van der Waals surface area contributed by atoms with Crippen LogP contribution in [0.15, 0.2) is 30.9 Å². The lowest BCUT2D eigenvalue weighted by Crippen LogP contribution is -2.41. The molecule has 1 atom stereocenters. The smallest absolute Gasteiger partial charge is 0.237 e. The first kappa shape index (κ1) is 13.4. The maximum absolute atomic E-state index is 11.6. The van der Waals surface area contributed by atoms with Gasteiger partial charge in [-0.25, -0.2) is 0 Å². The number of amides is 1. The van der Waals surface area contributed by atoms with Crippen LogP contribution in [0.3, 0.4) is 0 Å². The van der Waals surface area contributed by atoms with Crippen molar-refractivity contribution in [2.45, 2.75) is 19.5 Å². The van der Waals surface area contributed by atoms with Gasteiger partial charge in [-0.2, -0.15) is 0 Å². The zero-order valence-corrected chi connectivity index (χ0v) is 10.9. The van der Waals surface area contributed by atoms with Crippen molar-refractivity contribution in [1.29, 1.82) is 0 Å². The minimum absolute atomic E-state index is 0.0411. The van der Waals surface area contributed by atoms with Gasteiger partial charge >= 0.3 is 0 Å². The average Bonchev–Trinajstić information content (AvgIpc) is 2.89. The van der Waals surface area contributed by atoms with E-state index in [1.165, 1.54) is 0 Å². The minimum Gasteiger partial charge on any atom is -0.454 e. The number of rotatable bonds is 6. The van der Waals surface area contributed by atoms with Gasteiger partial charge in [-0.3, -0.25) is 4.79 Å². The molecule has 0 saturated carbocycles. The van der Waals surface area contributed by atoms with Crippen LogP contribution in [-0.4, -0.2) is 25.3 Å². The molecular formula is C14H18N2O3.